The number of aliphatic hydroxyl groups is 3. The van der Waals surface area contributed by atoms with Crippen LogP contribution in [0.3, 0.4) is 0 Å². The lowest BCUT2D eigenvalue weighted by Crippen LogP contribution is -2.76. The van der Waals surface area contributed by atoms with Gasteiger partial charge < -0.3 is 39.0 Å². The zero-order valence-corrected chi connectivity index (χ0v) is 28.2. The van der Waals surface area contributed by atoms with E-state index in [1.54, 1.807) is 44.2 Å². The number of allylic oxidation sites excluding steroid dienone is 5. The van der Waals surface area contributed by atoms with Gasteiger partial charge in [-0.15, -0.1) is 0 Å². The minimum absolute atomic E-state index is 0.227. The minimum atomic E-state index is -2.43. The van der Waals surface area contributed by atoms with Crippen molar-refractivity contribution in [3.63, 3.8) is 0 Å². The number of carbonyl (C=O) groups excluding carboxylic acids is 2. The number of hydrogen-bond donors (Lipinski definition) is 3. The predicted molar refractivity (Wildman–Crippen MR) is 178 cm³/mol. The summed E-state index contributed by atoms with van der Waals surface area (Å²) in [7, 11) is 0. The normalized spacial score (nSPS) is 44.8. The largest absolute Gasteiger partial charge is 0.455 e. The van der Waals surface area contributed by atoms with Gasteiger partial charge in [0.15, 0.2) is 17.0 Å². The van der Waals surface area contributed by atoms with E-state index in [-0.39, 0.29) is 5.57 Å². The molecule has 0 amide bonds. The van der Waals surface area contributed by atoms with E-state index in [4.69, 9.17) is 23.7 Å². The fourth-order valence-corrected chi connectivity index (χ4v) is 9.16. The van der Waals surface area contributed by atoms with E-state index in [2.05, 4.69) is 19.6 Å². The average molecular weight is 673 g/mol. The molecule has 10 heteroatoms. The van der Waals surface area contributed by atoms with Crippen LogP contribution in [0.15, 0.2) is 96.7 Å². The van der Waals surface area contributed by atoms with Crippen LogP contribution in [0.25, 0.3) is 6.08 Å². The summed E-state index contributed by atoms with van der Waals surface area (Å²) in [6, 6.07) is 9.31. The van der Waals surface area contributed by atoms with Crippen LogP contribution in [0.4, 0.5) is 0 Å². The summed E-state index contributed by atoms with van der Waals surface area (Å²) in [5, 5.41) is 34.9. The highest BCUT2D eigenvalue weighted by molar-refractivity contribution is 6.05. The number of Topliss-reactive ketones (excluding diaryl/α,β-unsaturated/α-hetero) is 1. The summed E-state index contributed by atoms with van der Waals surface area (Å²) in [5.41, 5.74) is -5.64. The first-order valence-electron chi connectivity index (χ1n) is 17.0. The Morgan fingerprint density at radius 3 is 2.51 bits per heavy atom. The number of esters is 1. The monoisotopic (exact) mass is 672 g/mol. The average Bonchev–Trinajstić information content (AvgIpc) is 3.71. The maximum absolute atomic E-state index is 13.9. The number of aliphatic hydroxyl groups excluding tert-OH is 2. The number of carbonyl (C=O) groups is 2. The van der Waals surface area contributed by atoms with E-state index in [0.29, 0.717) is 5.57 Å². The summed E-state index contributed by atoms with van der Waals surface area (Å²) in [6.07, 6.45) is 12.8. The molecule has 260 valence electrons. The molecule has 12 unspecified atom stereocenters. The van der Waals surface area contributed by atoms with E-state index in [9.17, 15) is 24.9 Å². The van der Waals surface area contributed by atoms with Crippen LogP contribution in [-0.4, -0.2) is 86.5 Å². The van der Waals surface area contributed by atoms with Gasteiger partial charge in [0.25, 0.3) is 0 Å². The predicted octanol–water partition coefficient (Wildman–Crippen LogP) is 3.88. The van der Waals surface area contributed by atoms with Crippen LogP contribution in [0.5, 0.6) is 0 Å². The Hall–Kier alpha value is -3.48. The van der Waals surface area contributed by atoms with Crippen LogP contribution in [0.2, 0.25) is 0 Å². The Kier molecular flexibility index (Phi) is 8.19. The number of ether oxygens (including phenoxy) is 5. The third kappa shape index (κ3) is 4.58. The third-order valence-corrected chi connectivity index (χ3v) is 11.4. The van der Waals surface area contributed by atoms with Crippen molar-refractivity contribution in [3.8, 4) is 0 Å². The molecule has 3 aliphatic carbocycles. The molecule has 7 rings (SSSR count). The highest BCUT2D eigenvalue weighted by atomic mass is 16.9. The molecule has 6 aliphatic rings. The van der Waals surface area contributed by atoms with Gasteiger partial charge in [-0.05, 0) is 43.1 Å². The van der Waals surface area contributed by atoms with Crippen molar-refractivity contribution in [1.29, 1.82) is 0 Å². The van der Waals surface area contributed by atoms with Crippen molar-refractivity contribution in [3.05, 3.63) is 102 Å². The molecule has 5 fully saturated rings. The molecule has 3 aliphatic heterocycles. The van der Waals surface area contributed by atoms with Gasteiger partial charge in [-0.1, -0.05) is 93.6 Å². The number of ketones is 1. The SMILES string of the molecule is C=C(C)C12OC3(C=CC=CC=CCCC)OC1C1C4OC4(CO)C(O)C4(O)C(=O)C(C)=CC4C1(O3)C(C)C2OC(=O)C=Cc1ccccc1. The van der Waals surface area contributed by atoms with E-state index >= 15 is 0 Å². The molecule has 2 saturated carbocycles. The summed E-state index contributed by atoms with van der Waals surface area (Å²) < 4.78 is 33.1. The minimum Gasteiger partial charge on any atom is -0.455 e. The lowest BCUT2D eigenvalue weighted by atomic mass is 9.53. The van der Waals surface area contributed by atoms with E-state index in [1.807, 2.05) is 49.4 Å². The molecule has 3 heterocycles. The second-order valence-electron chi connectivity index (χ2n) is 14.2. The number of fused-ring (bicyclic) bond motifs is 3. The summed E-state index contributed by atoms with van der Waals surface area (Å²) >= 11 is 0. The van der Waals surface area contributed by atoms with Gasteiger partial charge in [-0.3, -0.25) is 4.79 Å². The maximum atomic E-state index is 13.9. The third-order valence-electron chi connectivity index (χ3n) is 11.4. The quantitative estimate of drug-likeness (QED) is 0.110. The number of unbranched alkanes of at least 4 members (excludes halogenated alkanes) is 1. The van der Waals surface area contributed by atoms with Crippen molar-refractivity contribution >= 4 is 17.8 Å². The number of benzene rings is 1. The molecule has 49 heavy (non-hydrogen) atoms. The van der Waals surface area contributed by atoms with Gasteiger partial charge in [0, 0.05) is 29.9 Å². The molecule has 3 saturated heterocycles. The van der Waals surface area contributed by atoms with E-state index in [0.717, 1.165) is 18.4 Å². The van der Waals surface area contributed by atoms with Crippen LogP contribution in [0.1, 0.15) is 46.1 Å². The summed E-state index contributed by atoms with van der Waals surface area (Å²) in [6.45, 7) is 10.9. The van der Waals surface area contributed by atoms with Gasteiger partial charge in [0.2, 0.25) is 0 Å². The highest BCUT2D eigenvalue weighted by Gasteiger charge is 2.90. The second kappa shape index (κ2) is 11.8. The van der Waals surface area contributed by atoms with Crippen molar-refractivity contribution in [2.75, 3.05) is 6.61 Å². The smallest absolute Gasteiger partial charge is 0.331 e. The molecular formula is C39H44O10. The van der Waals surface area contributed by atoms with Crippen molar-refractivity contribution in [2.24, 2.45) is 17.8 Å². The van der Waals surface area contributed by atoms with Crippen molar-refractivity contribution in [2.45, 2.75) is 93.3 Å². The summed E-state index contributed by atoms with van der Waals surface area (Å²) in [5.74, 6) is -5.96. The van der Waals surface area contributed by atoms with Crippen LogP contribution < -0.4 is 0 Å². The molecule has 0 aromatic heterocycles. The highest BCUT2D eigenvalue weighted by Crippen LogP contribution is 2.73. The zero-order chi connectivity index (χ0) is 35.0. The number of rotatable bonds is 10. The fourth-order valence-electron chi connectivity index (χ4n) is 9.16. The first-order valence-corrected chi connectivity index (χ1v) is 17.0. The van der Waals surface area contributed by atoms with Crippen molar-refractivity contribution in [1.82, 2.24) is 0 Å². The molecule has 12 atom stereocenters. The van der Waals surface area contributed by atoms with Crippen LogP contribution >= 0.6 is 0 Å². The Labute approximate surface area is 286 Å². The van der Waals surface area contributed by atoms with E-state index in [1.165, 1.54) is 6.08 Å². The van der Waals surface area contributed by atoms with Gasteiger partial charge >= 0.3 is 11.9 Å². The zero-order valence-electron chi connectivity index (χ0n) is 28.2. The Morgan fingerprint density at radius 2 is 1.82 bits per heavy atom. The first kappa shape index (κ1) is 34.0. The Bertz CT molecular complexity index is 1690. The maximum Gasteiger partial charge on any atom is 0.331 e. The first-order chi connectivity index (χ1) is 23.4. The molecule has 3 N–H and O–H groups in total. The van der Waals surface area contributed by atoms with Crippen LogP contribution in [0, 0.1) is 17.8 Å². The lowest BCUT2D eigenvalue weighted by molar-refractivity contribution is -0.407. The van der Waals surface area contributed by atoms with Gasteiger partial charge in [0.05, 0.1) is 12.2 Å². The summed E-state index contributed by atoms with van der Waals surface area (Å²) in [4.78, 5) is 27.5. The molecule has 0 spiro atoms. The molecule has 3 bridgehead atoms. The molecule has 0 radical (unpaired) electrons. The number of epoxide rings is 1. The molecule has 1 aromatic rings. The number of hydrogen-bond acceptors (Lipinski definition) is 10. The van der Waals surface area contributed by atoms with Gasteiger partial charge in [-0.25, -0.2) is 4.79 Å². The lowest BCUT2D eigenvalue weighted by Gasteiger charge is -2.61. The second-order valence-corrected chi connectivity index (χ2v) is 14.2. The van der Waals surface area contributed by atoms with Crippen LogP contribution in [-0.2, 0) is 33.3 Å². The van der Waals surface area contributed by atoms with Gasteiger partial charge in [0.1, 0.15) is 30.0 Å². The molecule has 1 aromatic carbocycles. The molecule has 10 nitrogen and oxygen atoms in total. The standard InChI is InChI=1S/C39H44O10/c1-6-7-8-9-10-11-15-20-36-47-33-29-32-35(22-40,46-32)34(43)37(44)27(21-24(4)30(37)42)39(29,49-36)25(5)31(38(33,48-36)23(2)3)45-28(41)19-18-26-16-13-12-14-17-26/h8-21,25,27,29,31-34,40,43-44H,2,6-7,22H2,1,3-5H3. The molecular weight excluding hydrogens is 628 g/mol. The fraction of sp³-hybridized carbons (Fsp3) is 0.487. The Morgan fingerprint density at radius 1 is 1.08 bits per heavy atom. The van der Waals surface area contributed by atoms with Crippen molar-refractivity contribution < 1.29 is 48.6 Å². The van der Waals surface area contributed by atoms with E-state index < -0.39 is 88.9 Å². The topological polar surface area (TPSA) is 144 Å². The van der Waals surface area contributed by atoms with Gasteiger partial charge in [-0.2, -0.15) is 0 Å². The Balaban J connectivity index is 1.39.